The molecule has 106 valence electrons. The molecular weight excluding hydrogens is 236 g/mol. The lowest BCUT2D eigenvalue weighted by Crippen LogP contribution is -2.47. The van der Waals surface area contributed by atoms with Gasteiger partial charge < -0.3 is 15.4 Å². The summed E-state index contributed by atoms with van der Waals surface area (Å²) in [6.45, 7) is 9.36. The predicted molar refractivity (Wildman–Crippen MR) is 80.4 cm³/mol. The minimum atomic E-state index is -0.258. The quantitative estimate of drug-likeness (QED) is 0.910. The summed E-state index contributed by atoms with van der Waals surface area (Å²) in [4.78, 5) is 2.26. The van der Waals surface area contributed by atoms with E-state index in [1.54, 1.807) is 0 Å². The second-order valence-corrected chi connectivity index (χ2v) is 6.66. The lowest BCUT2D eigenvalue weighted by Gasteiger charge is -2.32. The van der Waals surface area contributed by atoms with Gasteiger partial charge in [-0.15, -0.1) is 0 Å². The van der Waals surface area contributed by atoms with Crippen LogP contribution >= 0.6 is 0 Å². The maximum absolute atomic E-state index is 6.41. The van der Waals surface area contributed by atoms with Crippen molar-refractivity contribution in [2.45, 2.75) is 44.9 Å². The van der Waals surface area contributed by atoms with Crippen molar-refractivity contribution in [3.05, 3.63) is 30.3 Å². The van der Waals surface area contributed by atoms with Crippen LogP contribution in [0.5, 0.6) is 0 Å². The first-order valence-corrected chi connectivity index (χ1v) is 6.96. The van der Waals surface area contributed by atoms with Gasteiger partial charge in [-0.05, 0) is 39.8 Å². The summed E-state index contributed by atoms with van der Waals surface area (Å²) >= 11 is 0. The molecule has 1 aliphatic rings. The highest BCUT2D eigenvalue weighted by molar-refractivity contribution is 5.45. The standard InChI is InChI=1S/C16H26N2O/c1-15(2)13(14(17)16(3,4)19-15)11-18(5)12-9-7-6-8-10-12/h6-10,13-14H,11,17H2,1-5H3. The van der Waals surface area contributed by atoms with Crippen LogP contribution in [0.15, 0.2) is 30.3 Å². The Morgan fingerprint density at radius 2 is 1.68 bits per heavy atom. The number of hydrogen-bond donors (Lipinski definition) is 1. The van der Waals surface area contributed by atoms with E-state index in [1.165, 1.54) is 5.69 Å². The van der Waals surface area contributed by atoms with Gasteiger partial charge in [-0.1, -0.05) is 18.2 Å². The van der Waals surface area contributed by atoms with Crippen molar-refractivity contribution in [2.75, 3.05) is 18.5 Å². The maximum Gasteiger partial charge on any atom is 0.0788 e. The minimum Gasteiger partial charge on any atom is -0.374 e. The molecule has 1 aliphatic heterocycles. The molecule has 1 aromatic carbocycles. The Morgan fingerprint density at radius 3 is 2.16 bits per heavy atom. The van der Waals surface area contributed by atoms with Gasteiger partial charge in [0.05, 0.1) is 11.2 Å². The van der Waals surface area contributed by atoms with Gasteiger partial charge >= 0.3 is 0 Å². The van der Waals surface area contributed by atoms with E-state index in [1.807, 2.05) is 6.07 Å². The average molecular weight is 262 g/mol. The molecule has 0 saturated carbocycles. The van der Waals surface area contributed by atoms with E-state index < -0.39 is 0 Å². The smallest absolute Gasteiger partial charge is 0.0788 e. The Labute approximate surface area is 116 Å². The normalized spacial score (nSPS) is 28.3. The lowest BCUT2D eigenvalue weighted by atomic mass is 9.82. The van der Waals surface area contributed by atoms with E-state index in [2.05, 4.69) is 63.9 Å². The highest BCUT2D eigenvalue weighted by Crippen LogP contribution is 2.41. The molecule has 0 spiro atoms. The summed E-state index contributed by atoms with van der Waals surface area (Å²) in [7, 11) is 2.11. The fourth-order valence-corrected chi connectivity index (χ4v) is 3.15. The van der Waals surface area contributed by atoms with E-state index in [0.717, 1.165) is 6.54 Å². The largest absolute Gasteiger partial charge is 0.374 e. The summed E-state index contributed by atoms with van der Waals surface area (Å²) in [5.74, 6) is 0.313. The molecule has 2 atom stereocenters. The number of anilines is 1. The number of hydrogen-bond acceptors (Lipinski definition) is 3. The molecule has 1 saturated heterocycles. The predicted octanol–water partition coefficient (Wildman–Crippen LogP) is 2.65. The second kappa shape index (κ2) is 4.80. The molecule has 3 heteroatoms. The summed E-state index contributed by atoms with van der Waals surface area (Å²) in [5, 5.41) is 0. The molecule has 0 amide bonds. The highest BCUT2D eigenvalue weighted by Gasteiger charge is 2.52. The summed E-state index contributed by atoms with van der Waals surface area (Å²) in [6, 6.07) is 10.5. The van der Waals surface area contributed by atoms with E-state index in [0.29, 0.717) is 5.92 Å². The van der Waals surface area contributed by atoms with Gasteiger partial charge in [-0.3, -0.25) is 0 Å². The molecule has 2 unspecified atom stereocenters. The van der Waals surface area contributed by atoms with Crippen molar-refractivity contribution >= 4 is 5.69 Å². The van der Waals surface area contributed by atoms with Crippen molar-refractivity contribution in [2.24, 2.45) is 11.7 Å². The average Bonchev–Trinajstić information content (AvgIpc) is 2.48. The first-order chi connectivity index (χ1) is 8.74. The van der Waals surface area contributed by atoms with Crippen molar-refractivity contribution in [1.82, 2.24) is 0 Å². The first-order valence-electron chi connectivity index (χ1n) is 6.96. The van der Waals surface area contributed by atoms with Crippen LogP contribution in [0.3, 0.4) is 0 Å². The Hall–Kier alpha value is -1.06. The summed E-state index contributed by atoms with van der Waals surface area (Å²) in [5.41, 5.74) is 7.18. The van der Waals surface area contributed by atoms with Crippen molar-refractivity contribution in [1.29, 1.82) is 0 Å². The van der Waals surface area contributed by atoms with Crippen LogP contribution in [-0.2, 0) is 4.74 Å². The second-order valence-electron chi connectivity index (χ2n) is 6.66. The van der Waals surface area contributed by atoms with Gasteiger partial charge in [0.2, 0.25) is 0 Å². The van der Waals surface area contributed by atoms with Gasteiger partial charge in [-0.2, -0.15) is 0 Å². The van der Waals surface area contributed by atoms with E-state index >= 15 is 0 Å². The van der Waals surface area contributed by atoms with Crippen LogP contribution in [0.2, 0.25) is 0 Å². The first kappa shape index (κ1) is 14.4. The summed E-state index contributed by atoms with van der Waals surface area (Å²) < 4.78 is 6.15. The van der Waals surface area contributed by atoms with E-state index in [-0.39, 0.29) is 17.2 Å². The van der Waals surface area contributed by atoms with E-state index in [4.69, 9.17) is 10.5 Å². The fourth-order valence-electron chi connectivity index (χ4n) is 3.15. The van der Waals surface area contributed by atoms with Gasteiger partial charge in [0.15, 0.2) is 0 Å². The molecule has 1 aromatic rings. The molecule has 0 aromatic heterocycles. The van der Waals surface area contributed by atoms with Crippen molar-refractivity contribution in [3.8, 4) is 0 Å². The van der Waals surface area contributed by atoms with Gasteiger partial charge in [0.25, 0.3) is 0 Å². The SMILES string of the molecule is CN(CC1C(N)C(C)(C)OC1(C)C)c1ccccc1. The molecule has 1 fully saturated rings. The molecule has 1 heterocycles. The topological polar surface area (TPSA) is 38.5 Å². The molecule has 2 rings (SSSR count). The van der Waals surface area contributed by atoms with Crippen molar-refractivity contribution < 1.29 is 4.74 Å². The Kier molecular flexibility index (Phi) is 3.63. The van der Waals surface area contributed by atoms with Gasteiger partial charge in [0, 0.05) is 31.2 Å². The summed E-state index contributed by atoms with van der Waals surface area (Å²) in [6.07, 6.45) is 0. The number of para-hydroxylation sites is 1. The number of ether oxygens (including phenoxy) is 1. The Balaban J connectivity index is 2.14. The number of nitrogens with two attached hydrogens (primary N) is 1. The molecule has 0 radical (unpaired) electrons. The lowest BCUT2D eigenvalue weighted by molar-refractivity contribution is -0.0756. The highest BCUT2D eigenvalue weighted by atomic mass is 16.5. The number of rotatable bonds is 3. The Morgan fingerprint density at radius 1 is 1.11 bits per heavy atom. The van der Waals surface area contributed by atoms with Crippen LogP contribution in [0.4, 0.5) is 5.69 Å². The number of nitrogens with zero attached hydrogens (tertiary/aromatic N) is 1. The number of benzene rings is 1. The van der Waals surface area contributed by atoms with Crippen molar-refractivity contribution in [3.63, 3.8) is 0 Å². The van der Waals surface area contributed by atoms with Gasteiger partial charge in [0.1, 0.15) is 0 Å². The molecular formula is C16H26N2O. The van der Waals surface area contributed by atoms with Crippen LogP contribution in [-0.4, -0.2) is 30.8 Å². The zero-order chi connectivity index (χ0) is 14.3. The monoisotopic (exact) mass is 262 g/mol. The van der Waals surface area contributed by atoms with Crippen LogP contribution < -0.4 is 10.6 Å². The zero-order valence-electron chi connectivity index (χ0n) is 12.7. The van der Waals surface area contributed by atoms with Crippen LogP contribution in [0, 0.1) is 5.92 Å². The van der Waals surface area contributed by atoms with Gasteiger partial charge in [-0.25, -0.2) is 0 Å². The van der Waals surface area contributed by atoms with E-state index in [9.17, 15) is 0 Å². The molecule has 0 aliphatic carbocycles. The van der Waals surface area contributed by atoms with Crippen LogP contribution in [0.25, 0.3) is 0 Å². The Bertz CT molecular complexity index is 428. The molecule has 3 nitrogen and oxygen atoms in total. The third-order valence-electron chi connectivity index (χ3n) is 4.32. The maximum atomic E-state index is 6.41. The molecule has 0 bridgehead atoms. The minimum absolute atomic E-state index is 0.0497. The fraction of sp³-hybridized carbons (Fsp3) is 0.625. The third kappa shape index (κ3) is 2.77. The molecule has 2 N–H and O–H groups in total. The van der Waals surface area contributed by atoms with Crippen LogP contribution in [0.1, 0.15) is 27.7 Å². The third-order valence-corrected chi connectivity index (χ3v) is 4.32. The molecule has 19 heavy (non-hydrogen) atoms. The zero-order valence-corrected chi connectivity index (χ0v) is 12.7.